The van der Waals surface area contributed by atoms with Gasteiger partial charge >= 0.3 is 5.97 Å². The fourth-order valence-corrected chi connectivity index (χ4v) is 3.39. The molecule has 2 rings (SSSR count). The second-order valence-corrected chi connectivity index (χ2v) is 6.60. The van der Waals surface area contributed by atoms with Gasteiger partial charge in [0.05, 0.1) is 0 Å². The van der Waals surface area contributed by atoms with E-state index in [4.69, 9.17) is 4.74 Å². The van der Waals surface area contributed by atoms with Crippen molar-refractivity contribution in [3.05, 3.63) is 0 Å². The molecule has 2 saturated carbocycles. The predicted molar refractivity (Wildman–Crippen MR) is 78.6 cm³/mol. The lowest BCUT2D eigenvalue weighted by Gasteiger charge is -2.30. The van der Waals surface area contributed by atoms with Crippen LogP contribution in [0, 0.1) is 5.92 Å². The number of rotatable bonds is 4. The predicted octanol–water partition coefficient (Wildman–Crippen LogP) is 1.92. The summed E-state index contributed by atoms with van der Waals surface area (Å²) in [4.78, 5) is 23.8. The highest BCUT2D eigenvalue weighted by atomic mass is 16.6. The van der Waals surface area contributed by atoms with Crippen molar-refractivity contribution < 1.29 is 19.4 Å². The molecular weight excluding hydrogens is 270 g/mol. The fraction of sp³-hybridized carbons (Fsp3) is 0.875. The minimum atomic E-state index is -1.38. The molecule has 5 nitrogen and oxygen atoms in total. The molecule has 0 aromatic carbocycles. The van der Waals surface area contributed by atoms with E-state index < -0.39 is 11.6 Å². The normalized spacial score (nSPS) is 28.7. The molecule has 0 heterocycles. The van der Waals surface area contributed by atoms with Crippen LogP contribution in [-0.4, -0.2) is 35.2 Å². The van der Waals surface area contributed by atoms with Crippen LogP contribution in [0.4, 0.5) is 0 Å². The summed E-state index contributed by atoms with van der Waals surface area (Å²) in [5.41, 5.74) is -1.38. The van der Waals surface area contributed by atoms with Crippen LogP contribution in [0.2, 0.25) is 0 Å². The summed E-state index contributed by atoms with van der Waals surface area (Å²) in [5.74, 6) is -0.434. The second-order valence-electron chi connectivity index (χ2n) is 6.60. The zero-order valence-electron chi connectivity index (χ0n) is 12.9. The Balaban J connectivity index is 1.74. The van der Waals surface area contributed by atoms with E-state index in [1.807, 2.05) is 0 Å². The molecule has 0 aromatic rings. The van der Waals surface area contributed by atoms with Crippen LogP contribution < -0.4 is 5.32 Å². The summed E-state index contributed by atoms with van der Waals surface area (Å²) in [5, 5.41) is 13.2. The van der Waals surface area contributed by atoms with E-state index in [0.29, 0.717) is 18.8 Å². The molecule has 0 bridgehead atoms. The van der Waals surface area contributed by atoms with Gasteiger partial charge in [-0.05, 0) is 44.4 Å². The van der Waals surface area contributed by atoms with Crippen molar-refractivity contribution in [2.45, 2.75) is 76.4 Å². The molecule has 120 valence electrons. The maximum atomic E-state index is 11.9. The fourth-order valence-electron chi connectivity index (χ4n) is 3.39. The molecule has 2 N–H and O–H groups in total. The monoisotopic (exact) mass is 297 g/mol. The van der Waals surface area contributed by atoms with E-state index in [1.54, 1.807) is 0 Å². The molecule has 21 heavy (non-hydrogen) atoms. The van der Waals surface area contributed by atoms with E-state index in [-0.39, 0.29) is 18.6 Å². The van der Waals surface area contributed by atoms with Gasteiger partial charge in [-0.15, -0.1) is 0 Å². The number of amides is 1. The van der Waals surface area contributed by atoms with Gasteiger partial charge in [-0.3, -0.25) is 4.79 Å². The molecule has 0 aliphatic heterocycles. The quantitative estimate of drug-likeness (QED) is 0.777. The maximum Gasteiger partial charge on any atom is 0.338 e. The van der Waals surface area contributed by atoms with Gasteiger partial charge in [0.2, 0.25) is 0 Å². The van der Waals surface area contributed by atoms with Crippen LogP contribution in [0.3, 0.4) is 0 Å². The third-order valence-electron chi connectivity index (χ3n) is 4.85. The van der Waals surface area contributed by atoms with Crippen molar-refractivity contribution in [1.82, 2.24) is 5.32 Å². The molecule has 2 aliphatic carbocycles. The Morgan fingerprint density at radius 2 is 1.81 bits per heavy atom. The summed E-state index contributed by atoms with van der Waals surface area (Å²) < 4.78 is 5.02. The third kappa shape index (κ3) is 4.43. The standard InChI is InChI=1S/C16H27NO4/c1-12-7-3-4-8-13(12)17-14(18)11-21-15(19)16(20)9-5-2-6-10-16/h12-13,20H,2-11H2,1H3,(H,17,18)/t12-,13-/m0/s1. The number of esters is 1. The minimum Gasteiger partial charge on any atom is -0.453 e. The molecule has 0 radical (unpaired) electrons. The van der Waals surface area contributed by atoms with Crippen LogP contribution in [0.1, 0.15) is 64.7 Å². The average molecular weight is 297 g/mol. The highest BCUT2D eigenvalue weighted by Gasteiger charge is 2.39. The first kappa shape index (κ1) is 16.3. The number of carbonyl (C=O) groups is 2. The summed E-state index contributed by atoms with van der Waals surface area (Å²) in [6.45, 7) is 1.85. The Kier molecular flexibility index (Phi) is 5.62. The Labute approximate surface area is 126 Å². The Morgan fingerprint density at radius 1 is 1.14 bits per heavy atom. The van der Waals surface area contributed by atoms with Gasteiger partial charge in [-0.25, -0.2) is 4.79 Å². The third-order valence-corrected chi connectivity index (χ3v) is 4.85. The number of carbonyl (C=O) groups excluding carboxylic acids is 2. The molecular formula is C16H27NO4. The molecule has 2 fully saturated rings. The first-order valence-electron chi connectivity index (χ1n) is 8.20. The van der Waals surface area contributed by atoms with E-state index >= 15 is 0 Å². The molecule has 0 saturated heterocycles. The van der Waals surface area contributed by atoms with Crippen molar-refractivity contribution in [3.63, 3.8) is 0 Å². The lowest BCUT2D eigenvalue weighted by atomic mass is 9.85. The van der Waals surface area contributed by atoms with Gasteiger partial charge < -0.3 is 15.2 Å². The Hall–Kier alpha value is -1.10. The molecule has 0 spiro atoms. The second kappa shape index (κ2) is 7.25. The van der Waals surface area contributed by atoms with Gasteiger partial charge in [0.25, 0.3) is 5.91 Å². The highest BCUT2D eigenvalue weighted by Crippen LogP contribution is 2.29. The van der Waals surface area contributed by atoms with Gasteiger partial charge in [0.15, 0.2) is 12.2 Å². The van der Waals surface area contributed by atoms with Crippen LogP contribution >= 0.6 is 0 Å². The van der Waals surface area contributed by atoms with Gasteiger partial charge in [0.1, 0.15) is 0 Å². The number of hydrogen-bond donors (Lipinski definition) is 2. The van der Waals surface area contributed by atoms with Crippen molar-refractivity contribution in [3.8, 4) is 0 Å². The van der Waals surface area contributed by atoms with Crippen molar-refractivity contribution >= 4 is 11.9 Å². The molecule has 2 atom stereocenters. The van der Waals surface area contributed by atoms with E-state index in [9.17, 15) is 14.7 Å². The smallest absolute Gasteiger partial charge is 0.338 e. The summed E-state index contributed by atoms with van der Waals surface area (Å²) in [6, 6.07) is 0.183. The van der Waals surface area contributed by atoms with E-state index in [2.05, 4.69) is 12.2 Å². The van der Waals surface area contributed by atoms with Crippen molar-refractivity contribution in [2.75, 3.05) is 6.61 Å². The lowest BCUT2D eigenvalue weighted by molar-refractivity contribution is -0.170. The molecule has 2 aliphatic rings. The minimum absolute atomic E-state index is 0.183. The van der Waals surface area contributed by atoms with Gasteiger partial charge in [-0.2, -0.15) is 0 Å². The van der Waals surface area contributed by atoms with E-state index in [0.717, 1.165) is 38.5 Å². The maximum absolute atomic E-state index is 11.9. The lowest BCUT2D eigenvalue weighted by Crippen LogP contribution is -2.46. The molecule has 5 heteroatoms. The van der Waals surface area contributed by atoms with Gasteiger partial charge in [-0.1, -0.05) is 26.2 Å². The number of hydrogen-bond acceptors (Lipinski definition) is 4. The summed E-state index contributed by atoms with van der Waals surface area (Å²) in [6.07, 6.45) is 8.05. The Morgan fingerprint density at radius 3 is 2.48 bits per heavy atom. The number of nitrogens with one attached hydrogen (secondary N) is 1. The highest BCUT2D eigenvalue weighted by molar-refractivity contribution is 5.84. The average Bonchev–Trinajstić information content (AvgIpc) is 2.48. The van der Waals surface area contributed by atoms with Gasteiger partial charge in [0, 0.05) is 6.04 Å². The molecule has 0 aromatic heterocycles. The molecule has 0 unspecified atom stereocenters. The zero-order chi connectivity index (χ0) is 15.3. The SMILES string of the molecule is C[C@H]1CCCC[C@@H]1NC(=O)COC(=O)C1(O)CCCCC1. The topological polar surface area (TPSA) is 75.6 Å². The van der Waals surface area contributed by atoms with Crippen LogP contribution in [0.15, 0.2) is 0 Å². The first-order chi connectivity index (χ1) is 10.0. The van der Waals surface area contributed by atoms with E-state index in [1.165, 1.54) is 6.42 Å². The largest absolute Gasteiger partial charge is 0.453 e. The molecule has 1 amide bonds. The van der Waals surface area contributed by atoms with Crippen LogP contribution in [0.25, 0.3) is 0 Å². The van der Waals surface area contributed by atoms with Crippen LogP contribution in [0.5, 0.6) is 0 Å². The zero-order valence-corrected chi connectivity index (χ0v) is 12.9. The number of aliphatic hydroxyl groups is 1. The summed E-state index contributed by atoms with van der Waals surface area (Å²) >= 11 is 0. The van der Waals surface area contributed by atoms with Crippen molar-refractivity contribution in [1.29, 1.82) is 0 Å². The first-order valence-corrected chi connectivity index (χ1v) is 8.20. The van der Waals surface area contributed by atoms with Crippen LogP contribution in [-0.2, 0) is 14.3 Å². The Bertz CT molecular complexity index is 376. The summed E-state index contributed by atoms with van der Waals surface area (Å²) in [7, 11) is 0. The number of ether oxygens (including phenoxy) is 1. The van der Waals surface area contributed by atoms with Crippen molar-refractivity contribution in [2.24, 2.45) is 5.92 Å².